The van der Waals surface area contributed by atoms with E-state index in [9.17, 15) is 4.79 Å². The molecule has 2 aromatic rings. The molecule has 0 aliphatic carbocycles. The molecule has 0 fully saturated rings. The van der Waals surface area contributed by atoms with Gasteiger partial charge in [0.1, 0.15) is 17.5 Å². The van der Waals surface area contributed by atoms with E-state index in [0.29, 0.717) is 12.2 Å². The highest BCUT2D eigenvalue weighted by atomic mass is 16.5. The van der Waals surface area contributed by atoms with E-state index in [2.05, 4.69) is 15.6 Å². The lowest BCUT2D eigenvalue weighted by atomic mass is 10.3. The number of nitrogens with one attached hydrogen (secondary N) is 1. The number of carbonyl (C=O) groups excluding carboxylic acids is 1. The van der Waals surface area contributed by atoms with Crippen molar-refractivity contribution in [3.63, 3.8) is 0 Å². The summed E-state index contributed by atoms with van der Waals surface area (Å²) in [5.74, 6) is 0.641. The Morgan fingerprint density at radius 2 is 2.16 bits per heavy atom. The SMILES string of the molecule is Cc1cc(C)n(C(C)C(=O)NCc2cc(C)on2)n1. The van der Waals surface area contributed by atoms with Gasteiger partial charge in [-0.1, -0.05) is 5.16 Å². The second-order valence-corrected chi connectivity index (χ2v) is 4.69. The molecule has 0 spiro atoms. The fraction of sp³-hybridized carbons (Fsp3) is 0.462. The number of amides is 1. The Morgan fingerprint density at radius 1 is 1.42 bits per heavy atom. The summed E-state index contributed by atoms with van der Waals surface area (Å²) < 4.78 is 6.67. The van der Waals surface area contributed by atoms with Crippen LogP contribution in [0.15, 0.2) is 16.7 Å². The number of hydrogen-bond donors (Lipinski definition) is 1. The van der Waals surface area contributed by atoms with Gasteiger partial charge in [-0.3, -0.25) is 9.48 Å². The summed E-state index contributed by atoms with van der Waals surface area (Å²) >= 11 is 0. The van der Waals surface area contributed by atoms with Crippen molar-refractivity contribution >= 4 is 5.91 Å². The minimum Gasteiger partial charge on any atom is -0.361 e. The quantitative estimate of drug-likeness (QED) is 0.909. The van der Waals surface area contributed by atoms with Crippen LogP contribution in [0.5, 0.6) is 0 Å². The van der Waals surface area contributed by atoms with Crippen molar-refractivity contribution < 1.29 is 9.32 Å². The van der Waals surface area contributed by atoms with Crippen LogP contribution in [0.2, 0.25) is 0 Å². The highest BCUT2D eigenvalue weighted by Gasteiger charge is 2.17. The molecule has 0 aliphatic heterocycles. The van der Waals surface area contributed by atoms with Crippen molar-refractivity contribution in [1.82, 2.24) is 20.3 Å². The molecule has 0 saturated heterocycles. The zero-order valence-electron chi connectivity index (χ0n) is 11.6. The molecular formula is C13H18N4O2. The van der Waals surface area contributed by atoms with Crippen molar-refractivity contribution in [2.45, 2.75) is 40.3 Å². The van der Waals surface area contributed by atoms with Gasteiger partial charge in [0.05, 0.1) is 12.2 Å². The summed E-state index contributed by atoms with van der Waals surface area (Å²) in [5, 5.41) is 11.0. The van der Waals surface area contributed by atoms with Gasteiger partial charge in [-0.2, -0.15) is 5.10 Å². The number of aromatic nitrogens is 3. The number of nitrogens with zero attached hydrogens (tertiary/aromatic N) is 3. The Balaban J connectivity index is 1.98. The normalized spacial score (nSPS) is 12.4. The number of carbonyl (C=O) groups is 1. The van der Waals surface area contributed by atoms with Crippen molar-refractivity contribution in [3.8, 4) is 0 Å². The van der Waals surface area contributed by atoms with Gasteiger partial charge in [-0.05, 0) is 33.8 Å². The van der Waals surface area contributed by atoms with Crippen molar-refractivity contribution in [2.75, 3.05) is 0 Å². The highest BCUT2D eigenvalue weighted by molar-refractivity contribution is 5.79. The van der Waals surface area contributed by atoms with E-state index in [4.69, 9.17) is 4.52 Å². The Morgan fingerprint density at radius 3 is 2.68 bits per heavy atom. The monoisotopic (exact) mass is 262 g/mol. The van der Waals surface area contributed by atoms with Crippen LogP contribution in [-0.2, 0) is 11.3 Å². The topological polar surface area (TPSA) is 73.0 Å². The first-order valence-electron chi connectivity index (χ1n) is 6.20. The van der Waals surface area contributed by atoms with Crippen molar-refractivity contribution in [3.05, 3.63) is 35.0 Å². The highest BCUT2D eigenvalue weighted by Crippen LogP contribution is 2.11. The molecule has 2 aromatic heterocycles. The smallest absolute Gasteiger partial charge is 0.244 e. The van der Waals surface area contributed by atoms with Gasteiger partial charge >= 0.3 is 0 Å². The van der Waals surface area contributed by atoms with E-state index >= 15 is 0 Å². The van der Waals surface area contributed by atoms with Crippen LogP contribution in [0, 0.1) is 20.8 Å². The predicted octanol–water partition coefficient (Wildman–Crippen LogP) is 1.67. The number of aryl methyl sites for hydroxylation is 3. The second kappa shape index (κ2) is 5.26. The molecule has 2 rings (SSSR count). The zero-order valence-corrected chi connectivity index (χ0v) is 11.6. The largest absolute Gasteiger partial charge is 0.361 e. The fourth-order valence-corrected chi connectivity index (χ4v) is 1.98. The van der Waals surface area contributed by atoms with Gasteiger partial charge in [0.2, 0.25) is 5.91 Å². The lowest BCUT2D eigenvalue weighted by Crippen LogP contribution is -2.31. The van der Waals surface area contributed by atoms with E-state index in [-0.39, 0.29) is 11.9 Å². The Kier molecular flexibility index (Phi) is 3.69. The first-order chi connectivity index (χ1) is 8.97. The van der Waals surface area contributed by atoms with Gasteiger partial charge in [0.15, 0.2) is 0 Å². The van der Waals surface area contributed by atoms with Gasteiger partial charge < -0.3 is 9.84 Å². The lowest BCUT2D eigenvalue weighted by molar-refractivity contribution is -0.124. The first-order valence-corrected chi connectivity index (χ1v) is 6.20. The molecule has 0 bridgehead atoms. The summed E-state index contributed by atoms with van der Waals surface area (Å²) in [6.45, 7) is 7.84. The van der Waals surface area contributed by atoms with Gasteiger partial charge in [0.25, 0.3) is 0 Å². The fourth-order valence-electron chi connectivity index (χ4n) is 1.98. The van der Waals surface area contributed by atoms with Crippen LogP contribution >= 0.6 is 0 Å². The summed E-state index contributed by atoms with van der Waals surface area (Å²) in [4.78, 5) is 12.1. The maximum Gasteiger partial charge on any atom is 0.244 e. The van der Waals surface area contributed by atoms with Gasteiger partial charge in [0, 0.05) is 11.8 Å². The van der Waals surface area contributed by atoms with E-state index in [1.165, 1.54) is 0 Å². The van der Waals surface area contributed by atoms with E-state index in [1.54, 1.807) is 10.7 Å². The molecular weight excluding hydrogens is 244 g/mol. The third kappa shape index (κ3) is 3.01. The Bertz CT molecular complexity index is 585. The zero-order chi connectivity index (χ0) is 14.0. The van der Waals surface area contributed by atoms with Crippen LogP contribution < -0.4 is 5.32 Å². The molecule has 1 amide bonds. The molecule has 0 radical (unpaired) electrons. The molecule has 0 aliphatic rings. The lowest BCUT2D eigenvalue weighted by Gasteiger charge is -2.13. The Labute approximate surface area is 111 Å². The van der Waals surface area contributed by atoms with Crippen LogP contribution in [0.25, 0.3) is 0 Å². The predicted molar refractivity (Wildman–Crippen MR) is 69.5 cm³/mol. The summed E-state index contributed by atoms with van der Waals surface area (Å²) in [6, 6.07) is 3.40. The molecule has 1 atom stereocenters. The molecule has 0 aromatic carbocycles. The van der Waals surface area contributed by atoms with E-state index in [0.717, 1.165) is 17.1 Å². The van der Waals surface area contributed by atoms with Gasteiger partial charge in [-0.15, -0.1) is 0 Å². The van der Waals surface area contributed by atoms with Crippen LogP contribution in [0.1, 0.15) is 35.8 Å². The molecule has 0 saturated carbocycles. The maximum atomic E-state index is 12.1. The average molecular weight is 262 g/mol. The number of rotatable bonds is 4. The standard InChI is InChI=1S/C13H18N4O2/c1-8-5-9(2)17(15-8)11(4)13(18)14-7-12-6-10(3)19-16-12/h5-6,11H,7H2,1-4H3,(H,14,18). The third-order valence-electron chi connectivity index (χ3n) is 2.91. The second-order valence-electron chi connectivity index (χ2n) is 4.69. The molecule has 1 unspecified atom stereocenters. The minimum absolute atomic E-state index is 0.0909. The van der Waals surface area contributed by atoms with Crippen LogP contribution in [0.3, 0.4) is 0 Å². The van der Waals surface area contributed by atoms with Gasteiger partial charge in [-0.25, -0.2) is 0 Å². The minimum atomic E-state index is -0.346. The summed E-state index contributed by atoms with van der Waals surface area (Å²) in [6.07, 6.45) is 0. The maximum absolute atomic E-state index is 12.1. The molecule has 6 nitrogen and oxygen atoms in total. The third-order valence-corrected chi connectivity index (χ3v) is 2.91. The first kappa shape index (κ1) is 13.3. The van der Waals surface area contributed by atoms with Crippen LogP contribution in [0.4, 0.5) is 0 Å². The van der Waals surface area contributed by atoms with E-state index < -0.39 is 0 Å². The molecule has 102 valence electrons. The Hall–Kier alpha value is -2.11. The van der Waals surface area contributed by atoms with Crippen molar-refractivity contribution in [2.24, 2.45) is 0 Å². The molecule has 19 heavy (non-hydrogen) atoms. The van der Waals surface area contributed by atoms with E-state index in [1.807, 2.05) is 33.8 Å². The molecule has 6 heteroatoms. The molecule has 2 heterocycles. The number of hydrogen-bond acceptors (Lipinski definition) is 4. The van der Waals surface area contributed by atoms with Crippen molar-refractivity contribution in [1.29, 1.82) is 0 Å². The summed E-state index contributed by atoms with van der Waals surface area (Å²) in [7, 11) is 0. The van der Waals surface area contributed by atoms with Crippen LogP contribution in [-0.4, -0.2) is 20.8 Å². The summed E-state index contributed by atoms with van der Waals surface area (Å²) in [5.41, 5.74) is 2.59. The molecule has 1 N–H and O–H groups in total. The average Bonchev–Trinajstić information content (AvgIpc) is 2.91.